The van der Waals surface area contributed by atoms with Crippen molar-refractivity contribution >= 4 is 33.8 Å². The molecule has 0 spiro atoms. The number of unbranched alkanes of at least 4 members (excludes halogenated alkanes) is 1. The number of hydrogen-bond donors (Lipinski definition) is 2. The molecule has 0 fully saturated rings. The smallest absolute Gasteiger partial charge is 0.342 e. The highest BCUT2D eigenvalue weighted by atomic mass is 16.5. The van der Waals surface area contributed by atoms with Crippen LogP contribution in [-0.2, 0) is 0 Å². The van der Waals surface area contributed by atoms with Gasteiger partial charge in [-0.15, -0.1) is 0 Å². The number of hydrogen-bond acceptors (Lipinski definition) is 6. The lowest BCUT2D eigenvalue weighted by atomic mass is 9.99. The third-order valence-electron chi connectivity index (χ3n) is 5.91. The first kappa shape index (κ1) is 22.3. The zero-order valence-corrected chi connectivity index (χ0v) is 19.4. The molecule has 5 aromatic rings. The first-order valence-electron chi connectivity index (χ1n) is 11.4. The monoisotopic (exact) mass is 468 g/mol. The molecular weight excluding hydrogens is 444 g/mol. The number of carbonyl (C=O) groups excluding carboxylic acids is 2. The van der Waals surface area contributed by atoms with Gasteiger partial charge in [-0.25, -0.2) is 14.8 Å². The molecule has 35 heavy (non-hydrogen) atoms. The molecule has 0 radical (unpaired) electrons. The van der Waals surface area contributed by atoms with Crippen molar-refractivity contribution in [2.45, 2.75) is 19.8 Å². The summed E-state index contributed by atoms with van der Waals surface area (Å²) >= 11 is 0. The number of fused-ring (bicyclic) bond motifs is 2. The Hall–Kier alpha value is -4.53. The molecule has 2 N–H and O–H groups in total. The average molecular weight is 469 g/mol. The highest BCUT2D eigenvalue weighted by Crippen LogP contribution is 2.28. The molecule has 5 rings (SSSR count). The molecule has 4 heterocycles. The number of carbonyl (C=O) groups is 2. The number of aromatic amines is 1. The van der Waals surface area contributed by atoms with E-state index in [9.17, 15) is 9.59 Å². The van der Waals surface area contributed by atoms with Gasteiger partial charge in [-0.1, -0.05) is 25.5 Å². The van der Waals surface area contributed by atoms with E-state index in [0.29, 0.717) is 45.5 Å². The van der Waals surface area contributed by atoms with Crippen molar-refractivity contribution in [2.24, 2.45) is 0 Å². The topological polar surface area (TPSA) is 115 Å². The molecule has 9 nitrogen and oxygen atoms in total. The van der Waals surface area contributed by atoms with E-state index in [1.54, 1.807) is 56.2 Å². The number of ketones is 1. The summed E-state index contributed by atoms with van der Waals surface area (Å²) < 4.78 is 6.43. The fraction of sp³-hybridized carbons (Fsp3) is 0.192. The minimum Gasteiger partial charge on any atom is -0.481 e. The van der Waals surface area contributed by atoms with Crippen molar-refractivity contribution in [3.05, 3.63) is 72.3 Å². The summed E-state index contributed by atoms with van der Waals surface area (Å²) in [5.41, 5.74) is 3.83. The Morgan fingerprint density at radius 2 is 1.89 bits per heavy atom. The Balaban J connectivity index is 1.51. The normalized spacial score (nSPS) is 11.1. The van der Waals surface area contributed by atoms with E-state index in [4.69, 9.17) is 4.74 Å². The second-order valence-corrected chi connectivity index (χ2v) is 8.12. The van der Waals surface area contributed by atoms with Crippen molar-refractivity contribution in [2.75, 3.05) is 13.7 Å². The summed E-state index contributed by atoms with van der Waals surface area (Å²) in [4.78, 5) is 38.0. The van der Waals surface area contributed by atoms with Gasteiger partial charge >= 0.3 is 6.03 Å². The van der Waals surface area contributed by atoms with Crippen molar-refractivity contribution in [3.63, 3.8) is 0 Å². The molecule has 0 unspecified atom stereocenters. The minimum absolute atomic E-state index is 0.181. The summed E-state index contributed by atoms with van der Waals surface area (Å²) in [6.45, 7) is 2.63. The molecular formula is C26H24N6O3. The maximum Gasteiger partial charge on any atom is 0.342 e. The van der Waals surface area contributed by atoms with Crippen LogP contribution in [0.4, 0.5) is 4.79 Å². The van der Waals surface area contributed by atoms with Gasteiger partial charge in [0, 0.05) is 64.2 Å². The van der Waals surface area contributed by atoms with E-state index in [2.05, 4.69) is 32.3 Å². The second kappa shape index (κ2) is 9.38. The van der Waals surface area contributed by atoms with Crippen LogP contribution in [0.25, 0.3) is 33.1 Å². The number of nitrogens with zero attached hydrogens (tertiary/aromatic N) is 4. The number of aromatic nitrogens is 5. The minimum atomic E-state index is -0.313. The van der Waals surface area contributed by atoms with E-state index in [1.165, 1.54) is 4.68 Å². The number of nitrogens with one attached hydrogen (secondary N) is 2. The molecule has 0 atom stereocenters. The van der Waals surface area contributed by atoms with Crippen molar-refractivity contribution in [1.82, 2.24) is 30.0 Å². The Kier molecular flexibility index (Phi) is 5.97. The van der Waals surface area contributed by atoms with E-state index < -0.39 is 0 Å². The zero-order chi connectivity index (χ0) is 24.4. The van der Waals surface area contributed by atoms with Crippen LogP contribution in [-0.4, -0.2) is 50.2 Å². The van der Waals surface area contributed by atoms with Gasteiger partial charge in [0.2, 0.25) is 5.88 Å². The largest absolute Gasteiger partial charge is 0.481 e. The molecule has 1 aromatic carbocycles. The molecule has 9 heteroatoms. The molecule has 0 aliphatic rings. The van der Waals surface area contributed by atoms with Crippen LogP contribution in [0.15, 0.2) is 61.2 Å². The van der Waals surface area contributed by atoms with Crippen LogP contribution >= 0.6 is 0 Å². The van der Waals surface area contributed by atoms with Gasteiger partial charge in [0.05, 0.1) is 18.8 Å². The van der Waals surface area contributed by atoms with Crippen LogP contribution in [0.1, 0.15) is 35.7 Å². The van der Waals surface area contributed by atoms with Crippen LogP contribution in [0.5, 0.6) is 5.88 Å². The summed E-state index contributed by atoms with van der Waals surface area (Å²) in [5, 5.41) is 8.41. The number of rotatable bonds is 7. The summed E-state index contributed by atoms with van der Waals surface area (Å²) in [5.74, 6) is 0.340. The summed E-state index contributed by atoms with van der Waals surface area (Å²) in [7, 11) is 1.57. The standard InChI is InChI=1S/C26H24N6O3/c1-3-4-10-27-26(34)32-22-7-5-6-18(20(22)15-31-32)24(33)21-14-30-25-19(21)11-17(13-29-25)16-8-9-23(35-2)28-12-16/h5-9,11-15H,3-4,10H2,1-2H3,(H,27,34)(H,29,30). The van der Waals surface area contributed by atoms with E-state index in [0.717, 1.165) is 24.0 Å². The van der Waals surface area contributed by atoms with Gasteiger partial charge < -0.3 is 15.0 Å². The van der Waals surface area contributed by atoms with Crippen LogP contribution in [0.3, 0.4) is 0 Å². The molecule has 0 aliphatic carbocycles. The number of pyridine rings is 2. The van der Waals surface area contributed by atoms with Gasteiger partial charge in [-0.3, -0.25) is 4.79 Å². The molecule has 1 amide bonds. The quantitative estimate of drug-likeness (QED) is 0.267. The van der Waals surface area contributed by atoms with E-state index in [-0.39, 0.29) is 11.8 Å². The van der Waals surface area contributed by atoms with E-state index >= 15 is 0 Å². The van der Waals surface area contributed by atoms with Gasteiger partial charge in [0.25, 0.3) is 0 Å². The number of benzene rings is 1. The second-order valence-electron chi connectivity index (χ2n) is 8.12. The maximum atomic E-state index is 13.6. The third kappa shape index (κ3) is 4.12. The molecule has 0 saturated heterocycles. The number of methoxy groups -OCH3 is 1. The predicted octanol–water partition coefficient (Wildman–Crippen LogP) is 4.57. The highest BCUT2D eigenvalue weighted by Gasteiger charge is 2.20. The number of H-pyrrole nitrogens is 1. The number of ether oxygens (including phenoxy) is 1. The molecule has 0 saturated carbocycles. The average Bonchev–Trinajstić information content (AvgIpc) is 3.52. The van der Waals surface area contributed by atoms with E-state index in [1.807, 2.05) is 12.1 Å². The lowest BCUT2D eigenvalue weighted by Crippen LogP contribution is -2.29. The Bertz CT molecular complexity index is 1530. The van der Waals surface area contributed by atoms with Gasteiger partial charge in [-0.05, 0) is 24.6 Å². The molecule has 4 aromatic heterocycles. The van der Waals surface area contributed by atoms with Crippen molar-refractivity contribution < 1.29 is 14.3 Å². The van der Waals surface area contributed by atoms with Crippen LogP contribution in [0.2, 0.25) is 0 Å². The summed E-state index contributed by atoms with van der Waals surface area (Å²) in [6.07, 6.45) is 8.53. The predicted molar refractivity (Wildman–Crippen MR) is 133 cm³/mol. The van der Waals surface area contributed by atoms with Crippen molar-refractivity contribution in [1.29, 1.82) is 0 Å². The lowest BCUT2D eigenvalue weighted by molar-refractivity contribution is 0.104. The van der Waals surface area contributed by atoms with Crippen molar-refractivity contribution in [3.8, 4) is 17.0 Å². The molecule has 176 valence electrons. The fourth-order valence-electron chi connectivity index (χ4n) is 4.02. The SMILES string of the molecule is CCCCNC(=O)n1ncc2c(C(=O)c3c[nH]c4ncc(-c5ccc(OC)nc5)cc34)cccc21. The first-order valence-corrected chi connectivity index (χ1v) is 11.4. The van der Waals surface area contributed by atoms with Gasteiger partial charge in [0.1, 0.15) is 5.65 Å². The Morgan fingerprint density at radius 3 is 2.66 bits per heavy atom. The van der Waals surface area contributed by atoms with Gasteiger partial charge in [0.15, 0.2) is 5.78 Å². The zero-order valence-electron chi connectivity index (χ0n) is 19.4. The third-order valence-corrected chi connectivity index (χ3v) is 5.91. The number of amides is 1. The van der Waals surface area contributed by atoms with Crippen LogP contribution in [0, 0.1) is 0 Å². The molecule has 0 bridgehead atoms. The Labute approximate surface area is 201 Å². The maximum absolute atomic E-state index is 13.6. The molecule has 0 aliphatic heterocycles. The lowest BCUT2D eigenvalue weighted by Gasteiger charge is -2.06. The van der Waals surface area contributed by atoms with Gasteiger partial charge in [-0.2, -0.15) is 9.78 Å². The fourth-order valence-corrected chi connectivity index (χ4v) is 4.02. The highest BCUT2D eigenvalue weighted by molar-refractivity contribution is 6.21. The first-order chi connectivity index (χ1) is 17.1. The summed E-state index contributed by atoms with van der Waals surface area (Å²) in [6, 6.07) is 10.6. The Morgan fingerprint density at radius 1 is 1.03 bits per heavy atom. The van der Waals surface area contributed by atoms with Crippen LogP contribution < -0.4 is 10.1 Å².